The van der Waals surface area contributed by atoms with Gasteiger partial charge in [-0.2, -0.15) is 0 Å². The molecule has 3 atom stereocenters. The van der Waals surface area contributed by atoms with Crippen LogP contribution >= 0.6 is 0 Å². The van der Waals surface area contributed by atoms with E-state index in [2.05, 4.69) is 193 Å². The van der Waals surface area contributed by atoms with Crippen LogP contribution in [0.25, 0.3) is 27.8 Å². The monoisotopic (exact) mass is 868 g/mol. The molecule has 0 aromatic heterocycles. The molecule has 0 saturated carbocycles. The Hall–Kier alpha value is -7.23. The first-order valence-corrected chi connectivity index (χ1v) is 24.8. The third-order valence-electron chi connectivity index (χ3n) is 15.3. The van der Waals surface area contributed by atoms with E-state index in [1.54, 1.807) is 0 Å². The van der Waals surface area contributed by atoms with Crippen LogP contribution in [0.3, 0.4) is 0 Å². The molecule has 8 aliphatic rings. The van der Waals surface area contributed by atoms with Crippen LogP contribution < -0.4 is 14.4 Å². The molecule has 3 unspecified atom stereocenters. The summed E-state index contributed by atoms with van der Waals surface area (Å²) >= 11 is 0. The van der Waals surface area contributed by atoms with Crippen molar-refractivity contribution in [3.8, 4) is 28.3 Å². The van der Waals surface area contributed by atoms with Crippen molar-refractivity contribution in [2.24, 2.45) is 0 Å². The molecule has 66 heavy (non-hydrogen) atoms. The number of nitrogens with zero attached hydrogens (tertiary/aromatic N) is 1. The van der Waals surface area contributed by atoms with Gasteiger partial charge in [0.2, 0.25) is 0 Å². The highest BCUT2D eigenvalue weighted by Gasteiger charge is 2.53. The van der Waals surface area contributed by atoms with Gasteiger partial charge in [0.05, 0.1) is 11.1 Å². The smallest absolute Gasteiger partial charge is 0.165 e. The van der Waals surface area contributed by atoms with E-state index >= 15 is 0 Å². The third kappa shape index (κ3) is 5.40. The molecule has 0 amide bonds. The highest BCUT2D eigenvalue weighted by atomic mass is 32.2. The molecule has 0 radical (unpaired) electrons. The molecule has 6 aromatic rings. The van der Waals surface area contributed by atoms with E-state index in [0.29, 0.717) is 0 Å². The van der Waals surface area contributed by atoms with Crippen molar-refractivity contribution in [3.05, 3.63) is 249 Å². The number of rotatable bonds is 5. The zero-order chi connectivity index (χ0) is 43.5. The number of anilines is 2. The lowest BCUT2D eigenvalue weighted by Gasteiger charge is -2.38. The first kappa shape index (κ1) is 38.1. The molecule has 0 saturated heterocycles. The fourth-order valence-electron chi connectivity index (χ4n) is 12.5. The predicted octanol–water partition coefficient (Wildman–Crippen LogP) is 14.7. The van der Waals surface area contributed by atoms with Gasteiger partial charge in [0.1, 0.15) is 0 Å². The SMILES string of the molecule is C#[S-]1C2=C(CCC(C3=CC=C(N(c4ccccc4)c4ccccc4C4=CC=CC5Oc6cc7c(cc6OC45)C4(C5=C(C=CCC5)c5ccccc54)c4ccccc4-7)CC3)=C2)c2ccccc21. The third-order valence-corrected chi connectivity index (χ3v) is 17.0. The summed E-state index contributed by atoms with van der Waals surface area (Å²) in [6, 6.07) is 51.1. The van der Waals surface area contributed by atoms with E-state index in [0.717, 1.165) is 72.5 Å². The lowest BCUT2D eigenvalue weighted by Crippen LogP contribution is -2.41. The molecule has 4 heteroatoms. The molecule has 2 heterocycles. The van der Waals surface area contributed by atoms with E-state index in [1.807, 2.05) is 0 Å². The van der Waals surface area contributed by atoms with Crippen LogP contribution in [-0.2, 0) is 15.7 Å². The van der Waals surface area contributed by atoms with Crippen molar-refractivity contribution in [1.82, 2.24) is 0 Å². The minimum absolute atomic E-state index is 0.287. The van der Waals surface area contributed by atoms with Crippen molar-refractivity contribution in [2.45, 2.75) is 61.0 Å². The summed E-state index contributed by atoms with van der Waals surface area (Å²) in [7, 11) is -0.375. The van der Waals surface area contributed by atoms with E-state index in [-0.39, 0.29) is 27.9 Å². The van der Waals surface area contributed by atoms with Gasteiger partial charge in [0.15, 0.2) is 23.7 Å². The van der Waals surface area contributed by atoms with Gasteiger partial charge in [-0.3, -0.25) is 0 Å². The van der Waals surface area contributed by atoms with Crippen molar-refractivity contribution in [1.29, 1.82) is 0 Å². The van der Waals surface area contributed by atoms with Crippen molar-refractivity contribution in [3.63, 3.8) is 0 Å². The van der Waals surface area contributed by atoms with Gasteiger partial charge >= 0.3 is 0 Å². The van der Waals surface area contributed by atoms with E-state index in [1.165, 1.54) is 82.3 Å². The molecule has 3 nitrogen and oxygen atoms in total. The summed E-state index contributed by atoms with van der Waals surface area (Å²) in [5.74, 6) is 1.60. The molecule has 0 N–H and O–H groups in total. The van der Waals surface area contributed by atoms with E-state index < -0.39 is 0 Å². The van der Waals surface area contributed by atoms with Gasteiger partial charge in [-0.15, -0.1) is 9.80 Å². The van der Waals surface area contributed by atoms with Crippen molar-refractivity contribution >= 4 is 38.4 Å². The summed E-state index contributed by atoms with van der Waals surface area (Å²) in [6.07, 6.45) is 23.8. The maximum Gasteiger partial charge on any atom is 0.165 e. The number of para-hydroxylation sites is 2. The van der Waals surface area contributed by atoms with Crippen LogP contribution in [0.5, 0.6) is 11.5 Å². The van der Waals surface area contributed by atoms with Crippen molar-refractivity contribution in [2.75, 3.05) is 4.90 Å². The molecule has 6 aromatic carbocycles. The Labute approximate surface area is 389 Å². The highest BCUT2D eigenvalue weighted by molar-refractivity contribution is 7.91. The van der Waals surface area contributed by atoms with Crippen LogP contribution in [0.1, 0.15) is 71.9 Å². The van der Waals surface area contributed by atoms with Crippen LogP contribution in [0.4, 0.5) is 11.4 Å². The number of allylic oxidation sites excluding steroid dienone is 13. The largest absolute Gasteiger partial charge is 0.478 e. The van der Waals surface area contributed by atoms with Gasteiger partial charge < -0.3 is 30.4 Å². The minimum Gasteiger partial charge on any atom is -0.478 e. The molecule has 14 rings (SSSR count). The second-order valence-corrected chi connectivity index (χ2v) is 20.1. The predicted molar refractivity (Wildman–Crippen MR) is 271 cm³/mol. The second kappa shape index (κ2) is 14.6. The molecule has 318 valence electrons. The van der Waals surface area contributed by atoms with Gasteiger partial charge in [0, 0.05) is 22.5 Å². The number of benzene rings is 6. The number of hydrogen-bond donors (Lipinski definition) is 0. The topological polar surface area (TPSA) is 21.7 Å². The lowest BCUT2D eigenvalue weighted by atomic mass is 9.68. The maximum atomic E-state index is 7.34. The first-order valence-electron chi connectivity index (χ1n) is 23.5. The zero-order valence-corrected chi connectivity index (χ0v) is 37.4. The van der Waals surface area contributed by atoms with E-state index in [9.17, 15) is 0 Å². The van der Waals surface area contributed by atoms with Crippen LogP contribution in [0.2, 0.25) is 0 Å². The highest BCUT2D eigenvalue weighted by Crippen LogP contribution is 2.65. The summed E-state index contributed by atoms with van der Waals surface area (Å²) < 4.78 is 14.4. The number of fused-ring (bicyclic) bond motifs is 13. The normalized spacial score (nSPS) is 22.6. The Balaban J connectivity index is 0.840. The first-order chi connectivity index (χ1) is 32.6. The Morgan fingerprint density at radius 2 is 1.33 bits per heavy atom. The van der Waals surface area contributed by atoms with Crippen LogP contribution in [0, 0.1) is 5.69 Å². The van der Waals surface area contributed by atoms with Gasteiger partial charge in [-0.25, -0.2) is 0 Å². The van der Waals surface area contributed by atoms with Crippen LogP contribution in [0.15, 0.2) is 220 Å². The molecule has 2 aliphatic heterocycles. The molecular formula is C62H46NO2S-. The Bertz CT molecular complexity index is 3470. The molecule has 0 fully saturated rings. The van der Waals surface area contributed by atoms with Gasteiger partial charge in [-0.1, -0.05) is 151 Å². The van der Waals surface area contributed by atoms with Crippen molar-refractivity contribution < 1.29 is 9.47 Å². The molecule has 1 spiro atoms. The number of ether oxygens (including phenoxy) is 2. The molecule has 0 bridgehead atoms. The van der Waals surface area contributed by atoms with Gasteiger partial charge in [0.25, 0.3) is 0 Å². The standard InChI is InChI=1S/C62H46NO2S/c1-66-59-29-14-9-22-47(59)48-35-32-40(36-60(48)66)39-30-33-42(34-31-39)63(41-16-3-2-4-17-41)55-27-13-8-21-46(55)49-23-15-28-56-61(49)65-58-38-54-50(37-57(58)64-56)45-20-7-12-26-53(45)62(54)51-24-10-5-18-43(51)44-19-6-11-25-52(44)62/h1-10,12-24,26-30,33,36-38,56,61H,11,25,31-32,34-35H2/q-1. The van der Waals surface area contributed by atoms with E-state index in [4.69, 9.17) is 15.2 Å². The Kier molecular flexibility index (Phi) is 8.45. The summed E-state index contributed by atoms with van der Waals surface area (Å²) in [5, 5.41) is 0. The minimum atomic E-state index is -0.378. The Morgan fingerprint density at radius 1 is 0.606 bits per heavy atom. The maximum absolute atomic E-state index is 7.34. The fourth-order valence-corrected chi connectivity index (χ4v) is 14.1. The molecule has 6 aliphatic carbocycles. The summed E-state index contributed by atoms with van der Waals surface area (Å²) in [4.78, 5) is 5.07. The zero-order valence-electron chi connectivity index (χ0n) is 36.5. The fraction of sp³-hybridized carbons (Fsp3) is 0.145. The second-order valence-electron chi connectivity index (χ2n) is 18.5. The lowest BCUT2D eigenvalue weighted by molar-refractivity contribution is 0.0815. The molecular weight excluding hydrogens is 823 g/mol. The average molecular weight is 869 g/mol. The summed E-state index contributed by atoms with van der Waals surface area (Å²) in [5.41, 5.74) is 28.6. The van der Waals surface area contributed by atoms with Crippen LogP contribution in [-0.4, -0.2) is 12.2 Å². The summed E-state index contributed by atoms with van der Waals surface area (Å²) in [6.45, 7) is 0. The average Bonchev–Trinajstić information content (AvgIpc) is 3.96. The van der Waals surface area contributed by atoms with Gasteiger partial charge in [-0.05, 0) is 142 Å². The number of hydrogen-bond acceptors (Lipinski definition) is 4. The quantitative estimate of drug-likeness (QED) is 0.161. The Morgan fingerprint density at radius 3 is 2.18 bits per heavy atom.